The second-order valence-corrected chi connectivity index (χ2v) is 4.57. The van der Waals surface area contributed by atoms with Crippen molar-refractivity contribution in [3.63, 3.8) is 0 Å². The minimum absolute atomic E-state index is 0.369. The fourth-order valence-corrected chi connectivity index (χ4v) is 1.54. The molecule has 6 heteroatoms. The standard InChI is InChI=1S/C12H20N4OS/c1-16(2)6-8-17-7-5-15-11-9-14-4-3-10(11)12(13)18/h3-4,9,15H,5-8H2,1-2H3,(H2,13,18). The summed E-state index contributed by atoms with van der Waals surface area (Å²) in [5.41, 5.74) is 7.29. The van der Waals surface area contributed by atoms with Gasteiger partial charge < -0.3 is 20.7 Å². The SMILES string of the molecule is CN(C)CCOCCNc1cnccc1C(N)=S. The van der Waals surface area contributed by atoms with Crippen molar-refractivity contribution in [3.8, 4) is 0 Å². The van der Waals surface area contributed by atoms with E-state index in [2.05, 4.69) is 15.2 Å². The number of rotatable bonds is 8. The van der Waals surface area contributed by atoms with Crippen molar-refractivity contribution in [2.45, 2.75) is 0 Å². The summed E-state index contributed by atoms with van der Waals surface area (Å²) in [7, 11) is 4.04. The van der Waals surface area contributed by atoms with Gasteiger partial charge in [-0.25, -0.2) is 0 Å². The average molecular weight is 268 g/mol. The molecule has 100 valence electrons. The molecule has 0 aliphatic rings. The Morgan fingerprint density at radius 3 is 2.94 bits per heavy atom. The zero-order chi connectivity index (χ0) is 13.4. The third-order valence-corrected chi connectivity index (χ3v) is 2.55. The van der Waals surface area contributed by atoms with Crippen LogP contribution in [0.5, 0.6) is 0 Å². The molecule has 0 saturated heterocycles. The van der Waals surface area contributed by atoms with Crippen LogP contribution in [0.25, 0.3) is 0 Å². The second-order valence-electron chi connectivity index (χ2n) is 4.13. The number of hydrogen-bond donors (Lipinski definition) is 2. The Morgan fingerprint density at radius 2 is 2.28 bits per heavy atom. The highest BCUT2D eigenvalue weighted by Crippen LogP contribution is 2.12. The van der Waals surface area contributed by atoms with E-state index in [1.165, 1.54) is 0 Å². The number of hydrogen-bond acceptors (Lipinski definition) is 5. The van der Waals surface area contributed by atoms with Crippen LogP contribution in [0, 0.1) is 0 Å². The van der Waals surface area contributed by atoms with E-state index in [-0.39, 0.29) is 0 Å². The number of nitrogens with two attached hydrogens (primary N) is 1. The van der Waals surface area contributed by atoms with Crippen LogP contribution in [0.3, 0.4) is 0 Å². The summed E-state index contributed by atoms with van der Waals surface area (Å²) >= 11 is 4.97. The Hall–Kier alpha value is -1.24. The lowest BCUT2D eigenvalue weighted by molar-refractivity contribution is 0.126. The maximum absolute atomic E-state index is 5.63. The van der Waals surface area contributed by atoms with E-state index in [4.69, 9.17) is 22.7 Å². The number of likely N-dealkylation sites (N-methyl/N-ethyl adjacent to an activating group) is 1. The molecule has 0 saturated carbocycles. The molecule has 0 aliphatic heterocycles. The lowest BCUT2D eigenvalue weighted by Gasteiger charge is -2.12. The Bertz CT molecular complexity index is 384. The number of ether oxygens (including phenoxy) is 1. The van der Waals surface area contributed by atoms with Gasteiger partial charge in [-0.3, -0.25) is 4.98 Å². The van der Waals surface area contributed by atoms with Gasteiger partial charge in [-0.05, 0) is 20.2 Å². The molecule has 0 atom stereocenters. The van der Waals surface area contributed by atoms with Gasteiger partial charge in [-0.15, -0.1) is 0 Å². The molecule has 18 heavy (non-hydrogen) atoms. The summed E-state index contributed by atoms with van der Waals surface area (Å²) in [4.78, 5) is 6.49. The molecule has 1 aromatic rings. The van der Waals surface area contributed by atoms with Crippen LogP contribution in [0.15, 0.2) is 18.5 Å². The summed E-state index contributed by atoms with van der Waals surface area (Å²) in [6, 6.07) is 1.80. The van der Waals surface area contributed by atoms with E-state index < -0.39 is 0 Å². The molecule has 1 heterocycles. The summed E-state index contributed by atoms with van der Waals surface area (Å²) in [6.07, 6.45) is 3.39. The molecule has 0 amide bonds. The van der Waals surface area contributed by atoms with Crippen LogP contribution >= 0.6 is 12.2 Å². The number of nitrogens with one attached hydrogen (secondary N) is 1. The average Bonchev–Trinajstić information content (AvgIpc) is 2.33. The van der Waals surface area contributed by atoms with E-state index in [1.54, 1.807) is 18.5 Å². The molecule has 1 rings (SSSR count). The first kappa shape index (κ1) is 14.8. The van der Waals surface area contributed by atoms with Crippen molar-refractivity contribution in [1.82, 2.24) is 9.88 Å². The number of thiocarbonyl (C=S) groups is 1. The van der Waals surface area contributed by atoms with Crippen molar-refractivity contribution in [3.05, 3.63) is 24.0 Å². The molecule has 0 aromatic carbocycles. The topological polar surface area (TPSA) is 63.4 Å². The lowest BCUT2D eigenvalue weighted by Crippen LogP contribution is -2.20. The Morgan fingerprint density at radius 1 is 1.50 bits per heavy atom. The van der Waals surface area contributed by atoms with E-state index in [1.807, 2.05) is 14.1 Å². The van der Waals surface area contributed by atoms with Gasteiger partial charge in [-0.1, -0.05) is 12.2 Å². The van der Waals surface area contributed by atoms with Gasteiger partial charge in [0.05, 0.1) is 25.1 Å². The summed E-state index contributed by atoms with van der Waals surface area (Å²) in [5.74, 6) is 0. The van der Waals surface area contributed by atoms with E-state index in [0.29, 0.717) is 18.1 Å². The fourth-order valence-electron chi connectivity index (χ4n) is 1.36. The normalized spacial score (nSPS) is 10.6. The summed E-state index contributed by atoms with van der Waals surface area (Å²) < 4.78 is 5.48. The van der Waals surface area contributed by atoms with Gasteiger partial charge in [-0.2, -0.15) is 0 Å². The third kappa shape index (κ3) is 5.39. The number of anilines is 1. The van der Waals surface area contributed by atoms with Gasteiger partial charge in [0.2, 0.25) is 0 Å². The molecule has 0 aliphatic carbocycles. The Balaban J connectivity index is 2.29. The van der Waals surface area contributed by atoms with Gasteiger partial charge in [0.15, 0.2) is 0 Å². The van der Waals surface area contributed by atoms with Gasteiger partial charge in [0.25, 0.3) is 0 Å². The highest BCUT2D eigenvalue weighted by atomic mass is 32.1. The van der Waals surface area contributed by atoms with Crippen LogP contribution in [0.1, 0.15) is 5.56 Å². The maximum Gasteiger partial charge on any atom is 0.106 e. The third-order valence-electron chi connectivity index (χ3n) is 2.33. The zero-order valence-electron chi connectivity index (χ0n) is 10.8. The molecule has 5 nitrogen and oxygen atoms in total. The summed E-state index contributed by atoms with van der Waals surface area (Å²) in [6.45, 7) is 2.99. The van der Waals surface area contributed by atoms with E-state index in [9.17, 15) is 0 Å². The van der Waals surface area contributed by atoms with Crippen LogP contribution in [0.4, 0.5) is 5.69 Å². The van der Waals surface area contributed by atoms with Crippen molar-refractivity contribution in [1.29, 1.82) is 0 Å². The Kier molecular flexibility index (Phi) is 6.56. The highest BCUT2D eigenvalue weighted by Gasteiger charge is 2.03. The van der Waals surface area contributed by atoms with Gasteiger partial charge in [0.1, 0.15) is 4.99 Å². The van der Waals surface area contributed by atoms with Crippen molar-refractivity contribution in [2.75, 3.05) is 45.7 Å². The second kappa shape index (κ2) is 7.97. The molecule has 3 N–H and O–H groups in total. The lowest BCUT2D eigenvalue weighted by atomic mass is 10.2. The van der Waals surface area contributed by atoms with Crippen LogP contribution in [0.2, 0.25) is 0 Å². The molecular weight excluding hydrogens is 248 g/mol. The van der Waals surface area contributed by atoms with E-state index in [0.717, 1.165) is 24.4 Å². The van der Waals surface area contributed by atoms with Gasteiger partial charge in [0, 0.05) is 24.8 Å². The van der Waals surface area contributed by atoms with Gasteiger partial charge >= 0.3 is 0 Å². The van der Waals surface area contributed by atoms with E-state index >= 15 is 0 Å². The zero-order valence-corrected chi connectivity index (χ0v) is 11.7. The molecule has 1 aromatic heterocycles. The number of pyridine rings is 1. The minimum Gasteiger partial charge on any atom is -0.389 e. The smallest absolute Gasteiger partial charge is 0.106 e. The maximum atomic E-state index is 5.63. The monoisotopic (exact) mass is 268 g/mol. The molecule has 0 fully saturated rings. The van der Waals surface area contributed by atoms with Crippen molar-refractivity contribution in [2.24, 2.45) is 5.73 Å². The van der Waals surface area contributed by atoms with Crippen LogP contribution in [-0.4, -0.2) is 55.3 Å². The first-order chi connectivity index (χ1) is 8.61. The largest absolute Gasteiger partial charge is 0.389 e. The highest BCUT2D eigenvalue weighted by molar-refractivity contribution is 7.80. The summed E-state index contributed by atoms with van der Waals surface area (Å²) in [5, 5.41) is 3.21. The van der Waals surface area contributed by atoms with Crippen LogP contribution < -0.4 is 11.1 Å². The predicted molar refractivity (Wildman–Crippen MR) is 78.0 cm³/mol. The van der Waals surface area contributed by atoms with Crippen LogP contribution in [-0.2, 0) is 4.74 Å². The molecule has 0 unspecified atom stereocenters. The first-order valence-electron chi connectivity index (χ1n) is 5.81. The fraction of sp³-hybridized carbons (Fsp3) is 0.500. The number of nitrogens with zero attached hydrogens (tertiary/aromatic N) is 2. The quantitative estimate of drug-likeness (QED) is 0.535. The predicted octanol–water partition coefficient (Wildman–Crippen LogP) is 0.706. The molecule has 0 spiro atoms. The first-order valence-corrected chi connectivity index (χ1v) is 6.22. The van der Waals surface area contributed by atoms with Crippen molar-refractivity contribution >= 4 is 22.9 Å². The van der Waals surface area contributed by atoms with Crippen molar-refractivity contribution < 1.29 is 4.74 Å². The number of aromatic nitrogens is 1. The molecular formula is C12H20N4OS. The Labute approximate surface area is 113 Å². The molecule has 0 bridgehead atoms. The minimum atomic E-state index is 0.369. The molecule has 0 radical (unpaired) electrons.